The number of pyridine rings is 1. The van der Waals surface area contributed by atoms with Gasteiger partial charge in [0.2, 0.25) is 5.91 Å². The normalized spacial score (nSPS) is 21.8. The van der Waals surface area contributed by atoms with Crippen LogP contribution in [-0.4, -0.2) is 30.0 Å². The number of piperazine rings is 1. The molecule has 0 aromatic carbocycles. The van der Waals surface area contributed by atoms with Crippen molar-refractivity contribution in [3.63, 3.8) is 0 Å². The fourth-order valence-electron chi connectivity index (χ4n) is 2.83. The number of carbonyl (C=O) groups excluding carboxylic acids is 1. The van der Waals surface area contributed by atoms with Crippen LogP contribution in [-0.2, 0) is 17.6 Å². The average molecular weight is 256 g/mol. The van der Waals surface area contributed by atoms with Gasteiger partial charge in [0, 0.05) is 18.8 Å². The van der Waals surface area contributed by atoms with E-state index in [0.717, 1.165) is 25.0 Å². The number of amides is 1. The quantitative estimate of drug-likeness (QED) is 0.805. The number of carbonyl (C=O) groups is 1. The minimum absolute atomic E-state index is 0.00237. The van der Waals surface area contributed by atoms with Crippen LogP contribution in [0.25, 0.3) is 0 Å². The van der Waals surface area contributed by atoms with Crippen LogP contribution in [0.15, 0.2) is 6.07 Å². The van der Waals surface area contributed by atoms with Crippen LogP contribution in [0.5, 0.6) is 0 Å². The predicted molar refractivity (Wildman–Crippen MR) is 70.8 cm³/mol. The van der Waals surface area contributed by atoms with Gasteiger partial charge in [-0.3, -0.25) is 4.79 Å². The fraction of sp³-hybridized carbons (Fsp3) is 0.500. The van der Waals surface area contributed by atoms with E-state index in [1.165, 1.54) is 5.56 Å². The van der Waals surface area contributed by atoms with Gasteiger partial charge in [-0.2, -0.15) is 5.26 Å². The molecule has 0 bridgehead atoms. The maximum Gasteiger partial charge on any atom is 0.242 e. The third-order valence-corrected chi connectivity index (χ3v) is 3.92. The van der Waals surface area contributed by atoms with E-state index in [9.17, 15) is 10.1 Å². The zero-order valence-corrected chi connectivity index (χ0v) is 10.9. The van der Waals surface area contributed by atoms with E-state index < -0.39 is 0 Å². The molecule has 1 atom stereocenters. The Balaban J connectivity index is 2.04. The van der Waals surface area contributed by atoms with Gasteiger partial charge in [0.15, 0.2) is 0 Å². The number of hydrogen-bond acceptors (Lipinski definition) is 4. The van der Waals surface area contributed by atoms with E-state index in [2.05, 4.69) is 16.4 Å². The summed E-state index contributed by atoms with van der Waals surface area (Å²) in [5.41, 5.74) is 2.86. The highest BCUT2D eigenvalue weighted by atomic mass is 16.2. The molecule has 19 heavy (non-hydrogen) atoms. The maximum atomic E-state index is 11.7. The Kier molecular flexibility index (Phi) is 2.86. The topological polar surface area (TPSA) is 69.0 Å². The molecular formula is C14H16N4O. The second-order valence-electron chi connectivity index (χ2n) is 5.09. The Morgan fingerprint density at radius 1 is 1.53 bits per heavy atom. The van der Waals surface area contributed by atoms with Crippen LogP contribution in [0.3, 0.4) is 0 Å². The monoisotopic (exact) mass is 256 g/mol. The van der Waals surface area contributed by atoms with Gasteiger partial charge in [0.1, 0.15) is 17.9 Å². The van der Waals surface area contributed by atoms with Gasteiger partial charge in [-0.25, -0.2) is 4.98 Å². The van der Waals surface area contributed by atoms with Gasteiger partial charge in [0.05, 0.1) is 5.56 Å². The zero-order chi connectivity index (χ0) is 13.4. The Morgan fingerprint density at radius 2 is 2.37 bits per heavy atom. The number of anilines is 1. The van der Waals surface area contributed by atoms with Crippen LogP contribution in [0.1, 0.15) is 30.2 Å². The van der Waals surface area contributed by atoms with Crippen molar-refractivity contribution in [3.05, 3.63) is 22.9 Å². The SMILES string of the molecule is CC1C(=O)NCCN1c1nc2c(cc1C#N)CCC2. The van der Waals surface area contributed by atoms with E-state index in [1.807, 2.05) is 17.9 Å². The molecule has 5 heteroatoms. The van der Waals surface area contributed by atoms with Gasteiger partial charge in [-0.05, 0) is 37.8 Å². The second kappa shape index (κ2) is 4.54. The molecule has 1 aliphatic carbocycles. The summed E-state index contributed by atoms with van der Waals surface area (Å²) in [5.74, 6) is 0.669. The minimum atomic E-state index is -0.271. The molecule has 2 aliphatic rings. The van der Waals surface area contributed by atoms with Crippen molar-refractivity contribution in [1.82, 2.24) is 10.3 Å². The minimum Gasteiger partial charge on any atom is -0.353 e. The summed E-state index contributed by atoms with van der Waals surface area (Å²) in [7, 11) is 0. The molecule has 1 saturated heterocycles. The number of hydrogen-bond donors (Lipinski definition) is 1. The first-order valence-electron chi connectivity index (χ1n) is 6.68. The largest absolute Gasteiger partial charge is 0.353 e. The molecule has 1 unspecified atom stereocenters. The van der Waals surface area contributed by atoms with E-state index in [4.69, 9.17) is 0 Å². The number of nitriles is 1. The summed E-state index contributed by atoms with van der Waals surface area (Å²) in [5, 5.41) is 12.1. The molecule has 2 heterocycles. The van der Waals surface area contributed by atoms with Crippen molar-refractivity contribution in [2.45, 2.75) is 32.2 Å². The Morgan fingerprint density at radius 3 is 3.16 bits per heavy atom. The lowest BCUT2D eigenvalue weighted by Gasteiger charge is -2.34. The summed E-state index contributed by atoms with van der Waals surface area (Å²) in [6.45, 7) is 3.16. The molecule has 5 nitrogen and oxygen atoms in total. The van der Waals surface area contributed by atoms with Crippen LogP contribution in [0, 0.1) is 11.3 Å². The van der Waals surface area contributed by atoms with Gasteiger partial charge in [-0.15, -0.1) is 0 Å². The molecular weight excluding hydrogens is 240 g/mol. The van der Waals surface area contributed by atoms with E-state index in [-0.39, 0.29) is 11.9 Å². The van der Waals surface area contributed by atoms with Gasteiger partial charge in [0.25, 0.3) is 0 Å². The molecule has 98 valence electrons. The van der Waals surface area contributed by atoms with E-state index in [1.54, 1.807) is 0 Å². The van der Waals surface area contributed by atoms with Crippen molar-refractivity contribution < 1.29 is 4.79 Å². The maximum absolute atomic E-state index is 11.7. The zero-order valence-electron chi connectivity index (χ0n) is 10.9. The van der Waals surface area contributed by atoms with Crippen molar-refractivity contribution in [1.29, 1.82) is 5.26 Å². The van der Waals surface area contributed by atoms with Crippen molar-refractivity contribution in [3.8, 4) is 6.07 Å². The number of aromatic nitrogens is 1. The van der Waals surface area contributed by atoms with Gasteiger partial charge >= 0.3 is 0 Å². The Hall–Kier alpha value is -2.09. The smallest absolute Gasteiger partial charge is 0.242 e. The molecule has 1 aromatic heterocycles. The molecule has 0 saturated carbocycles. The first kappa shape index (κ1) is 12.0. The molecule has 1 amide bonds. The summed E-state index contributed by atoms with van der Waals surface area (Å²) in [6, 6.07) is 3.90. The standard InChI is InChI=1S/C14H16N4O/c1-9-14(19)16-5-6-18(9)13-11(8-15)7-10-3-2-4-12(10)17-13/h7,9H,2-6H2,1H3,(H,16,19). The predicted octanol–water partition coefficient (Wildman–Crippen LogP) is 0.767. The molecule has 0 spiro atoms. The molecule has 3 rings (SSSR count). The number of aryl methyl sites for hydroxylation is 2. The van der Waals surface area contributed by atoms with Crippen LogP contribution < -0.4 is 10.2 Å². The van der Waals surface area contributed by atoms with Crippen LogP contribution in [0.4, 0.5) is 5.82 Å². The molecule has 1 fully saturated rings. The summed E-state index contributed by atoms with van der Waals surface area (Å²) in [4.78, 5) is 18.3. The number of nitrogens with one attached hydrogen (secondary N) is 1. The van der Waals surface area contributed by atoms with Gasteiger partial charge in [-0.1, -0.05) is 0 Å². The summed E-state index contributed by atoms with van der Waals surface area (Å²) >= 11 is 0. The number of fused-ring (bicyclic) bond motifs is 1. The van der Waals surface area contributed by atoms with Gasteiger partial charge < -0.3 is 10.2 Å². The molecule has 0 radical (unpaired) electrons. The number of nitrogens with zero attached hydrogens (tertiary/aromatic N) is 3. The third-order valence-electron chi connectivity index (χ3n) is 3.92. The summed E-state index contributed by atoms with van der Waals surface area (Å²) < 4.78 is 0. The third kappa shape index (κ3) is 1.93. The number of rotatable bonds is 1. The highest BCUT2D eigenvalue weighted by Gasteiger charge is 2.29. The fourth-order valence-corrected chi connectivity index (χ4v) is 2.83. The lowest BCUT2D eigenvalue weighted by Crippen LogP contribution is -2.54. The van der Waals surface area contributed by atoms with E-state index in [0.29, 0.717) is 24.5 Å². The lowest BCUT2D eigenvalue weighted by atomic mass is 10.1. The molecule has 1 aromatic rings. The first-order chi connectivity index (χ1) is 9.20. The van der Waals surface area contributed by atoms with Crippen LogP contribution >= 0.6 is 0 Å². The first-order valence-corrected chi connectivity index (χ1v) is 6.68. The van der Waals surface area contributed by atoms with Crippen molar-refractivity contribution in [2.24, 2.45) is 0 Å². The second-order valence-corrected chi connectivity index (χ2v) is 5.09. The van der Waals surface area contributed by atoms with Crippen LogP contribution in [0.2, 0.25) is 0 Å². The lowest BCUT2D eigenvalue weighted by molar-refractivity contribution is -0.122. The van der Waals surface area contributed by atoms with Crippen molar-refractivity contribution in [2.75, 3.05) is 18.0 Å². The molecule has 1 N–H and O–H groups in total. The molecule has 1 aliphatic heterocycles. The Labute approximate surface area is 112 Å². The highest BCUT2D eigenvalue weighted by molar-refractivity contribution is 5.86. The average Bonchev–Trinajstić information content (AvgIpc) is 2.87. The Bertz CT molecular complexity index is 576. The highest BCUT2D eigenvalue weighted by Crippen LogP contribution is 2.28. The summed E-state index contributed by atoms with van der Waals surface area (Å²) in [6.07, 6.45) is 3.09. The van der Waals surface area contributed by atoms with E-state index >= 15 is 0 Å². The van der Waals surface area contributed by atoms with Crippen molar-refractivity contribution >= 4 is 11.7 Å².